The van der Waals surface area contributed by atoms with E-state index in [0.717, 1.165) is 11.2 Å². The molecule has 0 unspecified atom stereocenters. The molecule has 4 aromatic rings. The molecule has 116 valence electrons. The van der Waals surface area contributed by atoms with Crippen molar-refractivity contribution in [3.05, 3.63) is 60.3 Å². The Morgan fingerprint density at radius 2 is 1.48 bits per heavy atom. The number of hydrogen-bond acceptors (Lipinski definition) is 2. The largest absolute Gasteiger partial charge is 0.377 e. The fourth-order valence-corrected chi connectivity index (χ4v) is 3.18. The van der Waals surface area contributed by atoms with Crippen molar-refractivity contribution in [3.8, 4) is 0 Å². The van der Waals surface area contributed by atoms with Gasteiger partial charge in [0.05, 0.1) is 5.52 Å². The van der Waals surface area contributed by atoms with Crippen molar-refractivity contribution in [3.63, 3.8) is 0 Å². The molecule has 0 fully saturated rings. The molecule has 0 atom stereocenters. The van der Waals surface area contributed by atoms with Gasteiger partial charge in [0.2, 0.25) is 0 Å². The van der Waals surface area contributed by atoms with Crippen LogP contribution in [0.4, 0.5) is 5.69 Å². The molecule has 0 bridgehead atoms. The van der Waals surface area contributed by atoms with Crippen LogP contribution in [-0.2, 0) is 0 Å². The van der Waals surface area contributed by atoms with Crippen molar-refractivity contribution < 1.29 is 0 Å². The number of hydrogen-bond donors (Lipinski definition) is 0. The van der Waals surface area contributed by atoms with Gasteiger partial charge in [0.1, 0.15) is 0 Å². The molecule has 0 aliphatic heterocycles. The van der Waals surface area contributed by atoms with Crippen LogP contribution in [0, 0.1) is 6.92 Å². The van der Waals surface area contributed by atoms with Crippen molar-refractivity contribution in [2.24, 2.45) is 0 Å². The quantitative estimate of drug-likeness (QED) is 0.347. The van der Waals surface area contributed by atoms with Gasteiger partial charge in [0.15, 0.2) is 0 Å². The van der Waals surface area contributed by atoms with Gasteiger partial charge in [-0.2, -0.15) is 0 Å². The highest BCUT2D eigenvalue weighted by atomic mass is 35.5. The SMILES string of the molecule is Cc1cc(N(C)C)c2ccc3cc4ccccc4cc3c2n1.Cl. The fraction of sp³-hybridized carbons (Fsp3) is 0.150. The van der Waals surface area contributed by atoms with Crippen molar-refractivity contribution in [2.75, 3.05) is 19.0 Å². The van der Waals surface area contributed by atoms with E-state index in [-0.39, 0.29) is 12.4 Å². The van der Waals surface area contributed by atoms with E-state index in [9.17, 15) is 0 Å². The van der Waals surface area contributed by atoms with Gasteiger partial charge in [-0.1, -0.05) is 36.4 Å². The summed E-state index contributed by atoms with van der Waals surface area (Å²) in [5.41, 5.74) is 3.36. The molecule has 0 saturated heterocycles. The lowest BCUT2D eigenvalue weighted by Crippen LogP contribution is -2.10. The van der Waals surface area contributed by atoms with Crippen LogP contribution in [0.3, 0.4) is 0 Å². The molecule has 0 N–H and O–H groups in total. The standard InChI is InChI=1S/C20H18N2.ClH/c1-13-10-19(22(2)3)17-9-8-16-11-14-6-4-5-7-15(14)12-18(16)20(17)21-13;/h4-12H,1-3H3;1H. The average molecular weight is 323 g/mol. The van der Waals surface area contributed by atoms with E-state index in [1.165, 1.54) is 32.6 Å². The Labute approximate surface area is 142 Å². The fourth-order valence-electron chi connectivity index (χ4n) is 3.18. The maximum Gasteiger partial charge on any atom is 0.0804 e. The molecule has 1 aromatic heterocycles. The third kappa shape index (κ3) is 2.49. The molecule has 0 spiro atoms. The van der Waals surface area contributed by atoms with Crippen molar-refractivity contribution >= 4 is 50.5 Å². The van der Waals surface area contributed by atoms with E-state index in [1.807, 2.05) is 0 Å². The number of aryl methyl sites for hydroxylation is 1. The molecule has 2 nitrogen and oxygen atoms in total. The lowest BCUT2D eigenvalue weighted by Gasteiger charge is -2.17. The number of rotatable bonds is 1. The van der Waals surface area contributed by atoms with Crippen LogP contribution in [0.1, 0.15) is 5.69 Å². The van der Waals surface area contributed by atoms with E-state index < -0.39 is 0 Å². The Hall–Kier alpha value is -2.32. The van der Waals surface area contributed by atoms with Crippen LogP contribution >= 0.6 is 12.4 Å². The molecule has 0 aliphatic rings. The summed E-state index contributed by atoms with van der Waals surface area (Å²) in [6, 6.07) is 19.6. The van der Waals surface area contributed by atoms with Gasteiger partial charge in [0, 0.05) is 36.2 Å². The topological polar surface area (TPSA) is 16.1 Å². The molecule has 1 heterocycles. The minimum Gasteiger partial charge on any atom is -0.377 e. The molecule has 0 amide bonds. The third-order valence-electron chi connectivity index (χ3n) is 4.25. The second-order valence-electron chi connectivity index (χ2n) is 6.06. The summed E-state index contributed by atoms with van der Waals surface area (Å²) in [7, 11) is 4.16. The predicted molar refractivity (Wildman–Crippen MR) is 103 cm³/mol. The van der Waals surface area contributed by atoms with Crippen LogP contribution in [-0.4, -0.2) is 19.1 Å². The van der Waals surface area contributed by atoms with Gasteiger partial charge in [-0.15, -0.1) is 12.4 Å². The second-order valence-corrected chi connectivity index (χ2v) is 6.06. The molecule has 0 saturated carbocycles. The highest BCUT2D eigenvalue weighted by Gasteiger charge is 2.09. The van der Waals surface area contributed by atoms with Crippen molar-refractivity contribution in [1.82, 2.24) is 4.98 Å². The van der Waals surface area contributed by atoms with Crippen LogP contribution in [0.2, 0.25) is 0 Å². The van der Waals surface area contributed by atoms with E-state index in [1.54, 1.807) is 0 Å². The summed E-state index contributed by atoms with van der Waals surface area (Å²) in [6.45, 7) is 2.06. The summed E-state index contributed by atoms with van der Waals surface area (Å²) in [5, 5.41) is 6.21. The molecule has 3 heteroatoms. The van der Waals surface area contributed by atoms with Gasteiger partial charge < -0.3 is 4.90 Å². The number of anilines is 1. The average Bonchev–Trinajstić information content (AvgIpc) is 2.52. The minimum atomic E-state index is 0. The number of benzene rings is 3. The van der Waals surface area contributed by atoms with Gasteiger partial charge in [-0.05, 0) is 41.3 Å². The predicted octanol–water partition coefficient (Wildman–Crippen LogP) is 5.34. The molecule has 0 aliphatic carbocycles. The second kappa shape index (κ2) is 5.71. The molecule has 4 rings (SSSR count). The smallest absolute Gasteiger partial charge is 0.0804 e. The number of halogens is 1. The zero-order valence-electron chi connectivity index (χ0n) is 13.5. The van der Waals surface area contributed by atoms with Crippen molar-refractivity contribution in [2.45, 2.75) is 6.92 Å². The Morgan fingerprint density at radius 3 is 2.17 bits per heavy atom. The van der Waals surface area contributed by atoms with E-state index in [0.29, 0.717) is 0 Å². The number of nitrogens with zero attached hydrogens (tertiary/aromatic N) is 2. The van der Waals surface area contributed by atoms with E-state index in [2.05, 4.69) is 80.5 Å². The number of fused-ring (bicyclic) bond motifs is 4. The zero-order chi connectivity index (χ0) is 15.3. The molecule has 23 heavy (non-hydrogen) atoms. The van der Waals surface area contributed by atoms with Crippen LogP contribution in [0.25, 0.3) is 32.4 Å². The van der Waals surface area contributed by atoms with Crippen LogP contribution in [0.15, 0.2) is 54.6 Å². The molecule has 3 aromatic carbocycles. The first kappa shape index (κ1) is 15.6. The van der Waals surface area contributed by atoms with Crippen molar-refractivity contribution in [1.29, 1.82) is 0 Å². The first-order valence-corrected chi connectivity index (χ1v) is 7.54. The van der Waals surface area contributed by atoms with E-state index >= 15 is 0 Å². The Kier molecular flexibility index (Phi) is 3.87. The van der Waals surface area contributed by atoms with Crippen LogP contribution in [0.5, 0.6) is 0 Å². The summed E-state index contributed by atoms with van der Waals surface area (Å²) < 4.78 is 0. The van der Waals surface area contributed by atoms with Gasteiger partial charge in [-0.3, -0.25) is 4.98 Å². The maximum atomic E-state index is 4.83. The first-order valence-electron chi connectivity index (χ1n) is 7.54. The highest BCUT2D eigenvalue weighted by molar-refractivity contribution is 6.13. The maximum absolute atomic E-state index is 4.83. The minimum absolute atomic E-state index is 0. The van der Waals surface area contributed by atoms with Gasteiger partial charge in [0.25, 0.3) is 0 Å². The lowest BCUT2D eigenvalue weighted by atomic mass is 10.00. The van der Waals surface area contributed by atoms with Gasteiger partial charge in [-0.25, -0.2) is 0 Å². The van der Waals surface area contributed by atoms with Crippen LogP contribution < -0.4 is 4.90 Å². The monoisotopic (exact) mass is 322 g/mol. The number of pyridine rings is 1. The Morgan fingerprint density at radius 1 is 0.783 bits per heavy atom. The molecular weight excluding hydrogens is 304 g/mol. The normalized spacial score (nSPS) is 10.9. The third-order valence-corrected chi connectivity index (χ3v) is 4.25. The lowest BCUT2D eigenvalue weighted by molar-refractivity contribution is 1.12. The zero-order valence-corrected chi connectivity index (χ0v) is 14.3. The summed E-state index contributed by atoms with van der Waals surface area (Å²) in [6.07, 6.45) is 0. The summed E-state index contributed by atoms with van der Waals surface area (Å²) >= 11 is 0. The summed E-state index contributed by atoms with van der Waals surface area (Å²) in [5.74, 6) is 0. The number of aromatic nitrogens is 1. The highest BCUT2D eigenvalue weighted by Crippen LogP contribution is 2.33. The van der Waals surface area contributed by atoms with Gasteiger partial charge >= 0.3 is 0 Å². The summed E-state index contributed by atoms with van der Waals surface area (Å²) in [4.78, 5) is 6.98. The molecular formula is C20H19ClN2. The first-order chi connectivity index (χ1) is 10.6. The Bertz CT molecular complexity index is 1020. The molecule has 0 radical (unpaired) electrons. The Balaban J connectivity index is 0.00000156. The van der Waals surface area contributed by atoms with E-state index in [4.69, 9.17) is 4.98 Å².